The third-order valence-corrected chi connectivity index (χ3v) is 3.20. The van der Waals surface area contributed by atoms with Crippen LogP contribution in [0.2, 0.25) is 0 Å². The number of aromatic nitrogens is 1. The van der Waals surface area contributed by atoms with Gasteiger partial charge in [-0.25, -0.2) is 4.98 Å². The molecule has 0 saturated carbocycles. The Bertz CT molecular complexity index is 508. The summed E-state index contributed by atoms with van der Waals surface area (Å²) < 4.78 is 0. The van der Waals surface area contributed by atoms with Crippen molar-refractivity contribution in [3.05, 3.63) is 29.6 Å². The van der Waals surface area contributed by atoms with Gasteiger partial charge in [0.1, 0.15) is 5.69 Å². The van der Waals surface area contributed by atoms with E-state index in [4.69, 9.17) is 5.11 Å². The normalized spacial score (nSPS) is 15.6. The molecule has 1 aliphatic rings. The summed E-state index contributed by atoms with van der Waals surface area (Å²) in [7, 11) is 0. The van der Waals surface area contributed by atoms with Gasteiger partial charge in [0.2, 0.25) is 0 Å². The van der Waals surface area contributed by atoms with Gasteiger partial charge in [0.25, 0.3) is 5.91 Å². The second-order valence-corrected chi connectivity index (χ2v) is 4.73. The van der Waals surface area contributed by atoms with Crippen LogP contribution in [0.5, 0.6) is 0 Å². The summed E-state index contributed by atoms with van der Waals surface area (Å²) in [5.74, 6) is 5.57. The van der Waals surface area contributed by atoms with Crippen molar-refractivity contribution in [1.82, 2.24) is 9.88 Å². The first-order valence-corrected chi connectivity index (χ1v) is 6.74. The molecule has 0 bridgehead atoms. The summed E-state index contributed by atoms with van der Waals surface area (Å²) in [6.07, 6.45) is 2.94. The number of carbonyl (C=O) groups excluding carboxylic acids is 1. The second kappa shape index (κ2) is 7.04. The average molecular weight is 274 g/mol. The maximum Gasteiger partial charge on any atom is 0.272 e. The van der Waals surface area contributed by atoms with Gasteiger partial charge in [0.15, 0.2) is 0 Å². The smallest absolute Gasteiger partial charge is 0.272 e. The minimum absolute atomic E-state index is 0.0395. The fourth-order valence-corrected chi connectivity index (χ4v) is 2.05. The number of aliphatic hydroxyl groups is 2. The van der Waals surface area contributed by atoms with E-state index in [9.17, 15) is 9.90 Å². The number of rotatable bonds is 2. The van der Waals surface area contributed by atoms with E-state index in [1.54, 1.807) is 23.2 Å². The fraction of sp³-hybridized carbons (Fsp3) is 0.467. The fourth-order valence-electron chi connectivity index (χ4n) is 2.05. The van der Waals surface area contributed by atoms with E-state index in [1.807, 2.05) is 0 Å². The molecule has 1 saturated heterocycles. The lowest BCUT2D eigenvalue weighted by Gasteiger charge is -2.29. The number of pyridine rings is 1. The van der Waals surface area contributed by atoms with Crippen molar-refractivity contribution < 1.29 is 15.0 Å². The number of nitrogens with zero attached hydrogens (tertiary/aromatic N) is 2. The SMILES string of the molecule is O=C(c1ccc(C#CCCO)cn1)N1CCC(O)CC1. The highest BCUT2D eigenvalue weighted by molar-refractivity contribution is 5.92. The maximum atomic E-state index is 12.2. The molecule has 20 heavy (non-hydrogen) atoms. The summed E-state index contributed by atoms with van der Waals surface area (Å²) >= 11 is 0. The predicted molar refractivity (Wildman–Crippen MR) is 74.0 cm³/mol. The van der Waals surface area contributed by atoms with Crippen molar-refractivity contribution in [2.75, 3.05) is 19.7 Å². The standard InChI is InChI=1S/C15H18N2O3/c18-10-2-1-3-12-4-5-14(16-11-12)15(20)17-8-6-13(19)7-9-17/h4-5,11,13,18-19H,2,6-10H2. The van der Waals surface area contributed by atoms with Gasteiger partial charge in [-0.1, -0.05) is 11.8 Å². The van der Waals surface area contributed by atoms with E-state index >= 15 is 0 Å². The third-order valence-electron chi connectivity index (χ3n) is 3.20. The number of likely N-dealkylation sites (tertiary alicyclic amines) is 1. The van der Waals surface area contributed by atoms with Crippen LogP contribution in [0.4, 0.5) is 0 Å². The van der Waals surface area contributed by atoms with E-state index in [2.05, 4.69) is 16.8 Å². The number of hydrogen-bond donors (Lipinski definition) is 2. The molecule has 0 aromatic carbocycles. The van der Waals surface area contributed by atoms with Crippen LogP contribution in [0.15, 0.2) is 18.3 Å². The molecule has 0 radical (unpaired) electrons. The molecule has 1 aromatic heterocycles. The average Bonchev–Trinajstić information content (AvgIpc) is 2.48. The van der Waals surface area contributed by atoms with Crippen molar-refractivity contribution in [1.29, 1.82) is 0 Å². The topological polar surface area (TPSA) is 73.7 Å². The Labute approximate surface area is 118 Å². The first kappa shape index (κ1) is 14.5. The van der Waals surface area contributed by atoms with Gasteiger partial charge in [-0.3, -0.25) is 4.79 Å². The number of amides is 1. The number of hydrogen-bond acceptors (Lipinski definition) is 4. The lowest BCUT2D eigenvalue weighted by Crippen LogP contribution is -2.40. The minimum atomic E-state index is -0.295. The first-order chi connectivity index (χ1) is 9.70. The highest BCUT2D eigenvalue weighted by Gasteiger charge is 2.22. The van der Waals surface area contributed by atoms with E-state index in [1.165, 1.54) is 0 Å². The molecular weight excluding hydrogens is 256 g/mol. The van der Waals surface area contributed by atoms with Crippen molar-refractivity contribution in [3.8, 4) is 11.8 Å². The van der Waals surface area contributed by atoms with Crippen molar-refractivity contribution >= 4 is 5.91 Å². The Morgan fingerprint density at radius 1 is 1.40 bits per heavy atom. The van der Waals surface area contributed by atoms with E-state index in [0.29, 0.717) is 38.0 Å². The number of piperidine rings is 1. The van der Waals surface area contributed by atoms with Gasteiger partial charge in [-0.2, -0.15) is 0 Å². The monoisotopic (exact) mass is 274 g/mol. The second-order valence-electron chi connectivity index (χ2n) is 4.73. The van der Waals surface area contributed by atoms with Gasteiger partial charge in [0, 0.05) is 31.3 Å². The van der Waals surface area contributed by atoms with Crippen LogP contribution < -0.4 is 0 Å². The Balaban J connectivity index is 1.99. The molecule has 0 unspecified atom stereocenters. The molecule has 106 valence electrons. The van der Waals surface area contributed by atoms with Gasteiger partial charge in [0.05, 0.1) is 12.7 Å². The molecule has 2 N–H and O–H groups in total. The predicted octanol–water partition coefficient (Wildman–Crippen LogP) is 0.412. The van der Waals surface area contributed by atoms with Gasteiger partial charge in [-0.05, 0) is 25.0 Å². The van der Waals surface area contributed by atoms with Gasteiger partial charge >= 0.3 is 0 Å². The number of carbonyl (C=O) groups is 1. The van der Waals surface area contributed by atoms with Gasteiger partial charge < -0.3 is 15.1 Å². The quantitative estimate of drug-likeness (QED) is 0.766. The summed E-state index contributed by atoms with van der Waals surface area (Å²) in [5, 5.41) is 18.1. The third kappa shape index (κ3) is 3.80. The zero-order chi connectivity index (χ0) is 14.4. The molecule has 1 aliphatic heterocycles. The van der Waals surface area contributed by atoms with E-state index < -0.39 is 0 Å². The lowest BCUT2D eigenvalue weighted by molar-refractivity contribution is 0.0541. The van der Waals surface area contributed by atoms with Crippen molar-refractivity contribution in [2.24, 2.45) is 0 Å². The van der Waals surface area contributed by atoms with Crippen molar-refractivity contribution in [3.63, 3.8) is 0 Å². The van der Waals surface area contributed by atoms with Crippen LogP contribution in [-0.2, 0) is 0 Å². The highest BCUT2D eigenvalue weighted by Crippen LogP contribution is 2.13. The lowest BCUT2D eigenvalue weighted by atomic mass is 10.1. The minimum Gasteiger partial charge on any atom is -0.395 e. The molecular formula is C15H18N2O3. The first-order valence-electron chi connectivity index (χ1n) is 6.74. The molecule has 5 nitrogen and oxygen atoms in total. The number of aliphatic hydroxyl groups excluding tert-OH is 2. The van der Waals surface area contributed by atoms with Crippen LogP contribution in [0.1, 0.15) is 35.3 Å². The van der Waals surface area contributed by atoms with Crippen LogP contribution in [0, 0.1) is 11.8 Å². The molecule has 2 heterocycles. The van der Waals surface area contributed by atoms with E-state index in [0.717, 1.165) is 5.56 Å². The Hall–Kier alpha value is -1.90. The molecule has 0 aliphatic carbocycles. The van der Waals surface area contributed by atoms with Crippen molar-refractivity contribution in [2.45, 2.75) is 25.4 Å². The Morgan fingerprint density at radius 2 is 2.15 bits per heavy atom. The van der Waals surface area contributed by atoms with Crippen LogP contribution in [0.3, 0.4) is 0 Å². The summed E-state index contributed by atoms with van der Waals surface area (Å²) in [4.78, 5) is 18.0. The molecule has 1 aromatic rings. The Kier molecular flexibility index (Phi) is 5.10. The maximum absolute atomic E-state index is 12.2. The molecule has 5 heteroatoms. The van der Waals surface area contributed by atoms with Crippen LogP contribution in [-0.4, -0.2) is 51.8 Å². The molecule has 2 rings (SSSR count). The van der Waals surface area contributed by atoms with Crippen LogP contribution >= 0.6 is 0 Å². The highest BCUT2D eigenvalue weighted by atomic mass is 16.3. The molecule has 0 spiro atoms. The summed E-state index contributed by atoms with van der Waals surface area (Å²) in [5.41, 5.74) is 1.12. The zero-order valence-corrected chi connectivity index (χ0v) is 11.2. The van der Waals surface area contributed by atoms with Gasteiger partial charge in [-0.15, -0.1) is 0 Å². The summed E-state index contributed by atoms with van der Waals surface area (Å²) in [6, 6.07) is 3.42. The van der Waals surface area contributed by atoms with E-state index in [-0.39, 0.29) is 18.6 Å². The molecule has 1 amide bonds. The summed E-state index contributed by atoms with van der Waals surface area (Å²) in [6.45, 7) is 1.18. The zero-order valence-electron chi connectivity index (χ0n) is 11.2. The largest absolute Gasteiger partial charge is 0.395 e. The molecule has 1 fully saturated rings. The van der Waals surface area contributed by atoms with Crippen LogP contribution in [0.25, 0.3) is 0 Å². The Morgan fingerprint density at radius 3 is 2.75 bits per heavy atom. The molecule has 0 atom stereocenters.